The van der Waals surface area contributed by atoms with E-state index in [1.807, 2.05) is 33.4 Å². The van der Waals surface area contributed by atoms with E-state index in [-0.39, 0.29) is 17.8 Å². The third-order valence-electron chi connectivity index (χ3n) is 8.56. The third-order valence-corrected chi connectivity index (χ3v) is 8.83. The molecule has 2 heterocycles. The fourth-order valence-corrected chi connectivity index (χ4v) is 6.53. The molecule has 42 heavy (non-hydrogen) atoms. The molecular weight excluding hydrogens is 538 g/mol. The first-order chi connectivity index (χ1) is 20.7. The van der Waals surface area contributed by atoms with E-state index in [9.17, 15) is 4.79 Å². The molecule has 0 spiro atoms. The number of likely N-dealkylation sites (tertiary alicyclic amines) is 1. The standard InChI is InChI=1S/C35H45N5OS/c1-2-30(22-23-36-34(42)37-33(28-16-7-5-8-17-28)29-18-9-6-10-19-29)40-32-21-12-11-20-31(32)39(35(40)41)27-15-26-38-24-13-3-4-14-25-38/h5-12,16-21,30,33H,2-4,13-15,22-27H2,1H3,(H2,36,37,42). The van der Waals surface area contributed by atoms with Crippen LogP contribution in [0.15, 0.2) is 89.7 Å². The second-order valence-electron chi connectivity index (χ2n) is 11.4. The van der Waals surface area contributed by atoms with Crippen LogP contribution in [0.4, 0.5) is 0 Å². The number of rotatable bonds is 12. The van der Waals surface area contributed by atoms with Crippen molar-refractivity contribution in [3.05, 3.63) is 107 Å². The molecule has 0 bridgehead atoms. The Morgan fingerprint density at radius 2 is 1.40 bits per heavy atom. The molecule has 3 aromatic carbocycles. The SMILES string of the molecule is CCC(CCNC(=S)NC(c1ccccc1)c1ccccc1)n1c(=O)n(CCCN2CCCCCC2)c2ccccc21. The van der Waals surface area contributed by atoms with Crippen LogP contribution in [-0.2, 0) is 6.54 Å². The molecule has 1 atom stereocenters. The lowest BCUT2D eigenvalue weighted by atomic mass is 9.99. The average Bonchev–Trinajstić information content (AvgIpc) is 3.16. The van der Waals surface area contributed by atoms with Crippen molar-refractivity contribution in [3.63, 3.8) is 0 Å². The van der Waals surface area contributed by atoms with Gasteiger partial charge in [0.15, 0.2) is 5.11 Å². The number of para-hydroxylation sites is 2. The third kappa shape index (κ3) is 7.50. The van der Waals surface area contributed by atoms with Crippen LogP contribution >= 0.6 is 12.2 Å². The van der Waals surface area contributed by atoms with Gasteiger partial charge in [0.25, 0.3) is 0 Å². The Labute approximate surface area is 255 Å². The van der Waals surface area contributed by atoms with Gasteiger partial charge in [0.05, 0.1) is 17.1 Å². The molecule has 1 saturated heterocycles. The van der Waals surface area contributed by atoms with Crippen LogP contribution in [0.5, 0.6) is 0 Å². The number of hydrogen-bond acceptors (Lipinski definition) is 3. The molecule has 1 aliphatic rings. The Hall–Kier alpha value is -3.42. The van der Waals surface area contributed by atoms with Gasteiger partial charge in [-0.05, 0) is 87.2 Å². The predicted molar refractivity (Wildman–Crippen MR) is 178 cm³/mol. The summed E-state index contributed by atoms with van der Waals surface area (Å²) in [5.41, 5.74) is 4.49. The van der Waals surface area contributed by atoms with E-state index in [1.54, 1.807) is 0 Å². The van der Waals surface area contributed by atoms with Gasteiger partial charge in [-0.25, -0.2) is 4.79 Å². The number of aryl methyl sites for hydroxylation is 1. The molecule has 2 N–H and O–H groups in total. The van der Waals surface area contributed by atoms with Crippen molar-refractivity contribution in [2.24, 2.45) is 0 Å². The van der Waals surface area contributed by atoms with Crippen molar-refractivity contribution in [2.45, 2.75) is 70.5 Å². The minimum absolute atomic E-state index is 0.0377. The summed E-state index contributed by atoms with van der Waals surface area (Å²) in [6.45, 7) is 7.04. The number of thiocarbonyl (C=S) groups is 1. The highest BCUT2D eigenvalue weighted by Gasteiger charge is 2.20. The van der Waals surface area contributed by atoms with E-state index >= 15 is 0 Å². The molecule has 0 saturated carbocycles. The van der Waals surface area contributed by atoms with Crippen molar-refractivity contribution >= 4 is 28.4 Å². The van der Waals surface area contributed by atoms with Crippen LogP contribution in [0.3, 0.4) is 0 Å². The summed E-state index contributed by atoms with van der Waals surface area (Å²) in [4.78, 5) is 16.4. The van der Waals surface area contributed by atoms with Crippen molar-refractivity contribution in [1.29, 1.82) is 0 Å². The molecule has 4 aromatic rings. The lowest BCUT2D eigenvalue weighted by Crippen LogP contribution is -2.39. The number of nitrogens with zero attached hydrogens (tertiary/aromatic N) is 3. The van der Waals surface area contributed by atoms with E-state index in [0.29, 0.717) is 11.7 Å². The highest BCUT2D eigenvalue weighted by atomic mass is 32.1. The van der Waals surface area contributed by atoms with E-state index in [4.69, 9.17) is 12.2 Å². The summed E-state index contributed by atoms with van der Waals surface area (Å²) in [5, 5.41) is 7.57. The Balaban J connectivity index is 1.23. The van der Waals surface area contributed by atoms with Crippen molar-refractivity contribution in [1.82, 2.24) is 24.7 Å². The summed E-state index contributed by atoms with van der Waals surface area (Å²) in [7, 11) is 0. The fraction of sp³-hybridized carbons (Fsp3) is 0.429. The molecule has 1 fully saturated rings. The predicted octanol–water partition coefficient (Wildman–Crippen LogP) is 6.66. The summed E-state index contributed by atoms with van der Waals surface area (Å²) in [6.07, 6.45) is 7.96. The van der Waals surface area contributed by atoms with Gasteiger partial charge in [0, 0.05) is 19.1 Å². The average molecular weight is 584 g/mol. The zero-order valence-electron chi connectivity index (χ0n) is 24.9. The normalized spacial score (nSPS) is 15.0. The lowest BCUT2D eigenvalue weighted by Gasteiger charge is -2.23. The Bertz CT molecular complexity index is 1420. The van der Waals surface area contributed by atoms with Crippen LogP contribution in [0.25, 0.3) is 11.0 Å². The van der Waals surface area contributed by atoms with E-state index < -0.39 is 0 Å². The van der Waals surface area contributed by atoms with Gasteiger partial charge in [-0.2, -0.15) is 0 Å². The first kappa shape index (κ1) is 30.1. The molecule has 5 rings (SSSR count). The quantitative estimate of drug-likeness (QED) is 0.183. The zero-order valence-corrected chi connectivity index (χ0v) is 25.7. The van der Waals surface area contributed by atoms with Crippen LogP contribution in [0.2, 0.25) is 0 Å². The maximum Gasteiger partial charge on any atom is 0.329 e. The molecule has 0 amide bonds. The monoisotopic (exact) mass is 583 g/mol. The molecule has 7 heteroatoms. The van der Waals surface area contributed by atoms with Crippen LogP contribution in [0.1, 0.15) is 75.1 Å². The summed E-state index contributed by atoms with van der Waals surface area (Å²) in [5.74, 6) is 0. The highest BCUT2D eigenvalue weighted by Crippen LogP contribution is 2.23. The van der Waals surface area contributed by atoms with Crippen molar-refractivity contribution in [2.75, 3.05) is 26.2 Å². The Kier molecular flexibility index (Phi) is 10.9. The van der Waals surface area contributed by atoms with Crippen LogP contribution in [0, 0.1) is 0 Å². The van der Waals surface area contributed by atoms with E-state index in [1.165, 1.54) is 38.8 Å². The number of aromatic nitrogens is 2. The molecule has 1 unspecified atom stereocenters. The topological polar surface area (TPSA) is 54.2 Å². The maximum absolute atomic E-state index is 13.8. The maximum atomic E-state index is 13.8. The van der Waals surface area contributed by atoms with Crippen molar-refractivity contribution < 1.29 is 0 Å². The largest absolute Gasteiger partial charge is 0.363 e. The van der Waals surface area contributed by atoms with Gasteiger partial charge < -0.3 is 15.5 Å². The number of benzene rings is 3. The Morgan fingerprint density at radius 3 is 2.02 bits per heavy atom. The van der Waals surface area contributed by atoms with Crippen LogP contribution in [-0.4, -0.2) is 45.3 Å². The van der Waals surface area contributed by atoms with Gasteiger partial charge in [-0.1, -0.05) is 92.6 Å². The van der Waals surface area contributed by atoms with Gasteiger partial charge in [0.2, 0.25) is 0 Å². The summed E-state index contributed by atoms with van der Waals surface area (Å²) in [6, 6.07) is 29.1. The first-order valence-corrected chi connectivity index (χ1v) is 16.1. The fourth-order valence-electron chi connectivity index (χ4n) is 6.31. The van der Waals surface area contributed by atoms with E-state index in [0.717, 1.165) is 54.5 Å². The smallest absolute Gasteiger partial charge is 0.329 e. The molecule has 1 aromatic heterocycles. The first-order valence-electron chi connectivity index (χ1n) is 15.7. The van der Waals surface area contributed by atoms with Crippen molar-refractivity contribution in [3.8, 4) is 0 Å². The molecule has 6 nitrogen and oxygen atoms in total. The number of hydrogen-bond donors (Lipinski definition) is 2. The van der Waals surface area contributed by atoms with Gasteiger partial charge >= 0.3 is 5.69 Å². The summed E-state index contributed by atoms with van der Waals surface area (Å²) < 4.78 is 4.02. The van der Waals surface area contributed by atoms with Gasteiger partial charge in [-0.15, -0.1) is 0 Å². The number of nitrogens with one attached hydrogen (secondary N) is 2. The minimum atomic E-state index is -0.0377. The molecule has 222 valence electrons. The second kappa shape index (κ2) is 15.2. The van der Waals surface area contributed by atoms with Gasteiger partial charge in [-0.3, -0.25) is 9.13 Å². The molecule has 0 radical (unpaired) electrons. The number of imidazole rings is 1. The molecule has 1 aliphatic heterocycles. The molecular formula is C35H45N5OS. The van der Waals surface area contributed by atoms with Crippen LogP contribution < -0.4 is 16.3 Å². The lowest BCUT2D eigenvalue weighted by molar-refractivity contribution is 0.275. The highest BCUT2D eigenvalue weighted by molar-refractivity contribution is 7.80. The number of fused-ring (bicyclic) bond motifs is 1. The zero-order chi connectivity index (χ0) is 29.1. The van der Waals surface area contributed by atoms with E-state index in [2.05, 4.69) is 83.1 Å². The Morgan fingerprint density at radius 1 is 0.810 bits per heavy atom. The minimum Gasteiger partial charge on any atom is -0.363 e. The molecule has 0 aliphatic carbocycles. The van der Waals surface area contributed by atoms with Gasteiger partial charge in [0.1, 0.15) is 0 Å². The summed E-state index contributed by atoms with van der Waals surface area (Å²) >= 11 is 5.75. The second-order valence-corrected chi connectivity index (χ2v) is 11.8.